The maximum absolute atomic E-state index is 11.9. The number of anilines is 2. The Morgan fingerprint density at radius 1 is 1.15 bits per heavy atom. The predicted octanol–water partition coefficient (Wildman–Crippen LogP) is 3.69. The summed E-state index contributed by atoms with van der Waals surface area (Å²) >= 11 is 5.98. The van der Waals surface area contributed by atoms with Crippen molar-refractivity contribution in [3.63, 3.8) is 0 Å². The fourth-order valence-electron chi connectivity index (χ4n) is 3.63. The van der Waals surface area contributed by atoms with Crippen LogP contribution in [0.25, 0.3) is 0 Å². The molecule has 0 aliphatic carbocycles. The fourth-order valence-corrected chi connectivity index (χ4v) is 3.75. The quantitative estimate of drug-likeness (QED) is 0.875. The van der Waals surface area contributed by atoms with Gasteiger partial charge in [0.25, 0.3) is 5.91 Å². The standard InChI is InChI=1S/C21H24ClN3O2/c1-14-11-20-19(23-21(26)15(2)27-20)12-16(14)13-24-7-9-25(10-8-24)18-5-3-17(22)4-6-18/h3-6,11-12,15H,7-10,13H2,1-2H3,(H,23,26). The number of piperazine rings is 1. The van der Waals surface area contributed by atoms with E-state index in [-0.39, 0.29) is 5.91 Å². The van der Waals surface area contributed by atoms with Crippen LogP contribution in [0, 0.1) is 6.92 Å². The minimum atomic E-state index is -0.441. The van der Waals surface area contributed by atoms with Crippen molar-refractivity contribution in [2.75, 3.05) is 36.4 Å². The van der Waals surface area contributed by atoms with E-state index in [1.807, 2.05) is 18.2 Å². The first-order valence-electron chi connectivity index (χ1n) is 9.33. The van der Waals surface area contributed by atoms with Crippen molar-refractivity contribution in [2.45, 2.75) is 26.5 Å². The molecule has 4 rings (SSSR count). The van der Waals surface area contributed by atoms with E-state index in [1.165, 1.54) is 16.8 Å². The maximum Gasteiger partial charge on any atom is 0.265 e. The highest BCUT2D eigenvalue weighted by atomic mass is 35.5. The van der Waals surface area contributed by atoms with Crippen LogP contribution in [0.2, 0.25) is 5.02 Å². The lowest BCUT2D eigenvalue weighted by Crippen LogP contribution is -2.46. The van der Waals surface area contributed by atoms with E-state index in [1.54, 1.807) is 6.92 Å². The number of carbonyl (C=O) groups excluding carboxylic acids is 1. The number of hydrogen-bond donors (Lipinski definition) is 1. The van der Waals surface area contributed by atoms with Gasteiger partial charge in [-0.25, -0.2) is 0 Å². The third-order valence-corrected chi connectivity index (χ3v) is 5.58. The van der Waals surface area contributed by atoms with Crippen LogP contribution in [-0.4, -0.2) is 43.1 Å². The fraction of sp³-hybridized carbons (Fsp3) is 0.381. The summed E-state index contributed by atoms with van der Waals surface area (Å²) < 4.78 is 5.70. The van der Waals surface area contributed by atoms with Crippen molar-refractivity contribution >= 4 is 28.9 Å². The van der Waals surface area contributed by atoms with E-state index < -0.39 is 6.10 Å². The van der Waals surface area contributed by atoms with Gasteiger partial charge in [-0.05, 0) is 61.4 Å². The van der Waals surface area contributed by atoms with Crippen LogP contribution in [0.3, 0.4) is 0 Å². The molecule has 5 nitrogen and oxygen atoms in total. The summed E-state index contributed by atoms with van der Waals surface area (Å²) in [5.41, 5.74) is 4.42. The zero-order valence-corrected chi connectivity index (χ0v) is 16.4. The SMILES string of the molecule is Cc1cc2c(cc1CN1CCN(c3ccc(Cl)cc3)CC1)NC(=O)C(C)O2. The number of hydrogen-bond acceptors (Lipinski definition) is 4. The second-order valence-electron chi connectivity index (χ2n) is 7.26. The summed E-state index contributed by atoms with van der Waals surface area (Å²) in [7, 11) is 0. The van der Waals surface area contributed by atoms with Crippen LogP contribution >= 0.6 is 11.6 Å². The van der Waals surface area contributed by atoms with Gasteiger partial charge in [-0.1, -0.05) is 11.6 Å². The number of nitrogens with one attached hydrogen (secondary N) is 1. The van der Waals surface area contributed by atoms with Crippen molar-refractivity contribution in [1.29, 1.82) is 0 Å². The van der Waals surface area contributed by atoms with Crippen LogP contribution in [0.4, 0.5) is 11.4 Å². The highest BCUT2D eigenvalue weighted by molar-refractivity contribution is 6.30. The molecule has 2 aromatic carbocycles. The largest absolute Gasteiger partial charge is 0.479 e. The van der Waals surface area contributed by atoms with Gasteiger partial charge < -0.3 is 15.0 Å². The van der Waals surface area contributed by atoms with E-state index >= 15 is 0 Å². The van der Waals surface area contributed by atoms with Crippen molar-refractivity contribution in [3.05, 3.63) is 52.5 Å². The molecule has 2 aliphatic rings. The second-order valence-corrected chi connectivity index (χ2v) is 7.70. The molecule has 1 atom stereocenters. The molecule has 1 amide bonds. The summed E-state index contributed by atoms with van der Waals surface area (Å²) in [6.45, 7) is 8.72. The third kappa shape index (κ3) is 3.89. The van der Waals surface area contributed by atoms with Crippen LogP contribution in [0.15, 0.2) is 36.4 Å². The molecule has 1 saturated heterocycles. The summed E-state index contributed by atoms with van der Waals surface area (Å²) in [4.78, 5) is 16.7. The predicted molar refractivity (Wildman–Crippen MR) is 109 cm³/mol. The van der Waals surface area contributed by atoms with Crippen molar-refractivity contribution < 1.29 is 9.53 Å². The molecule has 2 aliphatic heterocycles. The number of nitrogens with zero attached hydrogens (tertiary/aromatic N) is 2. The molecule has 6 heteroatoms. The van der Waals surface area contributed by atoms with Crippen molar-refractivity contribution in [2.24, 2.45) is 0 Å². The summed E-state index contributed by atoms with van der Waals surface area (Å²) in [5.74, 6) is 0.671. The smallest absolute Gasteiger partial charge is 0.265 e. The Kier molecular flexibility index (Phi) is 4.98. The average Bonchev–Trinajstić information content (AvgIpc) is 2.65. The second kappa shape index (κ2) is 7.41. The number of aryl methyl sites for hydroxylation is 1. The van der Waals surface area contributed by atoms with E-state index in [9.17, 15) is 4.79 Å². The van der Waals surface area contributed by atoms with Crippen molar-refractivity contribution in [1.82, 2.24) is 4.90 Å². The minimum absolute atomic E-state index is 0.0890. The molecule has 1 N–H and O–H groups in total. The van der Waals surface area contributed by atoms with Crippen LogP contribution in [0.5, 0.6) is 5.75 Å². The molecule has 1 fully saturated rings. The molecule has 142 valence electrons. The van der Waals surface area contributed by atoms with Crippen LogP contribution in [0.1, 0.15) is 18.1 Å². The van der Waals surface area contributed by atoms with E-state index in [4.69, 9.17) is 16.3 Å². The topological polar surface area (TPSA) is 44.8 Å². The molecule has 2 heterocycles. The lowest BCUT2D eigenvalue weighted by Gasteiger charge is -2.36. The van der Waals surface area contributed by atoms with Gasteiger partial charge in [0, 0.05) is 43.4 Å². The third-order valence-electron chi connectivity index (χ3n) is 5.33. The Hall–Kier alpha value is -2.24. The number of rotatable bonds is 3. The van der Waals surface area contributed by atoms with Gasteiger partial charge >= 0.3 is 0 Å². The van der Waals surface area contributed by atoms with Crippen LogP contribution < -0.4 is 15.0 Å². The van der Waals surface area contributed by atoms with Gasteiger partial charge in [0.1, 0.15) is 5.75 Å². The Bertz CT molecular complexity index is 845. The van der Waals surface area contributed by atoms with Crippen LogP contribution in [-0.2, 0) is 11.3 Å². The Labute approximate surface area is 164 Å². The normalized spacial score (nSPS) is 20.0. The average molecular weight is 386 g/mol. The molecular weight excluding hydrogens is 362 g/mol. The lowest BCUT2D eigenvalue weighted by atomic mass is 10.0. The zero-order chi connectivity index (χ0) is 19.0. The maximum atomic E-state index is 11.9. The highest BCUT2D eigenvalue weighted by Crippen LogP contribution is 2.33. The number of benzene rings is 2. The van der Waals surface area contributed by atoms with Gasteiger partial charge in [0.15, 0.2) is 6.10 Å². The molecule has 27 heavy (non-hydrogen) atoms. The van der Waals surface area contributed by atoms with E-state index in [2.05, 4.69) is 40.2 Å². The molecule has 0 radical (unpaired) electrons. The molecule has 0 bridgehead atoms. The van der Waals surface area contributed by atoms with Gasteiger partial charge in [0.2, 0.25) is 0 Å². The van der Waals surface area contributed by atoms with Gasteiger partial charge in [0.05, 0.1) is 5.69 Å². The first-order valence-corrected chi connectivity index (χ1v) is 9.71. The number of carbonyl (C=O) groups is 1. The zero-order valence-electron chi connectivity index (χ0n) is 15.7. The molecule has 0 aromatic heterocycles. The number of halogens is 1. The first kappa shape index (κ1) is 18.1. The molecule has 0 saturated carbocycles. The van der Waals surface area contributed by atoms with Crippen molar-refractivity contribution in [3.8, 4) is 5.75 Å². The lowest BCUT2D eigenvalue weighted by molar-refractivity contribution is -0.122. The number of fused-ring (bicyclic) bond motifs is 1. The summed E-state index contributed by atoms with van der Waals surface area (Å²) in [6, 6.07) is 12.1. The Balaban J connectivity index is 1.41. The van der Waals surface area contributed by atoms with E-state index in [0.717, 1.165) is 49.2 Å². The molecule has 0 spiro atoms. The number of ether oxygens (including phenoxy) is 1. The summed E-state index contributed by atoms with van der Waals surface area (Å²) in [5, 5.41) is 3.72. The van der Waals surface area contributed by atoms with Gasteiger partial charge in [-0.3, -0.25) is 9.69 Å². The Morgan fingerprint density at radius 2 is 1.85 bits per heavy atom. The first-order chi connectivity index (χ1) is 13.0. The van der Waals surface area contributed by atoms with Gasteiger partial charge in [-0.15, -0.1) is 0 Å². The molecular formula is C21H24ClN3O2. The molecule has 1 unspecified atom stereocenters. The number of amides is 1. The Morgan fingerprint density at radius 3 is 2.56 bits per heavy atom. The minimum Gasteiger partial charge on any atom is -0.479 e. The van der Waals surface area contributed by atoms with E-state index in [0.29, 0.717) is 0 Å². The highest BCUT2D eigenvalue weighted by Gasteiger charge is 2.25. The molecule has 2 aromatic rings. The van der Waals surface area contributed by atoms with Gasteiger partial charge in [-0.2, -0.15) is 0 Å². The summed E-state index contributed by atoms with van der Waals surface area (Å²) in [6.07, 6.45) is -0.441. The monoisotopic (exact) mass is 385 g/mol.